The highest BCUT2D eigenvalue weighted by Crippen LogP contribution is 2.70. The molecular weight excluding hydrogens is 484 g/mol. The molecule has 11 nitrogen and oxygen atoms in total. The third-order valence-corrected chi connectivity index (χ3v) is 7.58. The summed E-state index contributed by atoms with van der Waals surface area (Å²) in [5.41, 5.74) is -0.470. The summed E-state index contributed by atoms with van der Waals surface area (Å²) in [7, 11) is -3.96. The van der Waals surface area contributed by atoms with Crippen LogP contribution >= 0.6 is 0 Å². The Bertz CT molecular complexity index is 1440. The molecule has 2 aromatic heterocycles. The Morgan fingerprint density at radius 1 is 1.23 bits per heavy atom. The molecule has 0 aromatic carbocycles. The molecule has 1 atom stereocenters. The van der Waals surface area contributed by atoms with Crippen molar-refractivity contribution in [2.45, 2.75) is 30.1 Å². The van der Waals surface area contributed by atoms with Gasteiger partial charge in [0, 0.05) is 29.3 Å². The number of carbonyl (C=O) groups is 2. The number of carbonyl (C=O) groups excluding carboxylic acids is 2. The van der Waals surface area contributed by atoms with Crippen LogP contribution in [0.25, 0.3) is 0 Å². The summed E-state index contributed by atoms with van der Waals surface area (Å²) in [6, 6.07) is 2.38. The molecule has 2 aromatic rings. The van der Waals surface area contributed by atoms with E-state index in [1.165, 1.54) is 23.2 Å². The zero-order chi connectivity index (χ0) is 27.7. The van der Waals surface area contributed by atoms with E-state index in [1.54, 1.807) is 5.32 Å². The number of alkyl halides is 2. The highest BCUT2D eigenvalue weighted by atomic mass is 32.2. The summed E-state index contributed by atoms with van der Waals surface area (Å²) >= 11 is 0. The topological polar surface area (TPSA) is 146 Å². The fourth-order valence-electron chi connectivity index (χ4n) is 4.23. The lowest BCUT2D eigenvalue weighted by Crippen LogP contribution is -2.56. The van der Waals surface area contributed by atoms with Crippen molar-refractivity contribution in [1.82, 2.24) is 20.5 Å². The number of pyridine rings is 1. The van der Waals surface area contributed by atoms with Gasteiger partial charge in [-0.25, -0.2) is 22.2 Å². The van der Waals surface area contributed by atoms with Gasteiger partial charge in [0.2, 0.25) is 5.91 Å². The predicted octanol–water partition coefficient (Wildman–Crippen LogP) is 1.57. The minimum Gasteiger partial charge on any atom is -0.358 e. The molecule has 3 fully saturated rings. The number of hydrogen-bond acceptors (Lipinski definition) is 9. The minimum atomic E-state index is -3.96. The van der Waals surface area contributed by atoms with E-state index in [0.29, 0.717) is 0 Å². The SMILES string of the molecule is [2H]C([2H])([2H])NC(=O)c1nnc(NC(=O)[C@H]2CC23CC3)cc1Nc1ncc(N2CC(F)(F)C2)cc1S(C)(=O)=O. The van der Waals surface area contributed by atoms with Crippen LogP contribution in [0.15, 0.2) is 23.2 Å². The molecule has 1 saturated heterocycles. The Morgan fingerprint density at radius 2 is 1.97 bits per heavy atom. The first-order valence-electron chi connectivity index (χ1n) is 12.2. The van der Waals surface area contributed by atoms with Crippen molar-refractivity contribution in [1.29, 1.82) is 0 Å². The molecule has 35 heavy (non-hydrogen) atoms. The average Bonchev–Trinajstić information content (AvgIpc) is 3.69. The molecular formula is C21H23F2N7O4S. The van der Waals surface area contributed by atoms with Gasteiger partial charge in [-0.15, -0.1) is 10.2 Å². The van der Waals surface area contributed by atoms with E-state index in [9.17, 15) is 26.8 Å². The molecule has 3 heterocycles. The average molecular weight is 511 g/mol. The second-order valence-electron chi connectivity index (χ2n) is 9.20. The molecule has 14 heteroatoms. The molecule has 2 amide bonds. The number of nitrogens with zero attached hydrogens (tertiary/aromatic N) is 4. The second kappa shape index (κ2) is 7.80. The Hall–Kier alpha value is -3.42. The molecule has 2 saturated carbocycles. The number of halogens is 2. The summed E-state index contributed by atoms with van der Waals surface area (Å²) in [5.74, 6) is -4.78. The van der Waals surface area contributed by atoms with Crippen LogP contribution in [0.2, 0.25) is 0 Å². The lowest BCUT2D eigenvalue weighted by molar-refractivity contribution is -0.117. The summed E-state index contributed by atoms with van der Waals surface area (Å²) < 4.78 is 73.6. The van der Waals surface area contributed by atoms with E-state index in [0.717, 1.165) is 25.5 Å². The number of amides is 2. The molecule has 186 valence electrons. The van der Waals surface area contributed by atoms with Gasteiger partial charge in [0.25, 0.3) is 11.8 Å². The fraction of sp³-hybridized carbons (Fsp3) is 0.476. The van der Waals surface area contributed by atoms with Gasteiger partial charge in [0.15, 0.2) is 21.3 Å². The molecule has 1 spiro atoms. The number of aromatic nitrogens is 3. The highest BCUT2D eigenvalue weighted by Gasteiger charge is 2.65. The Balaban J connectivity index is 1.47. The van der Waals surface area contributed by atoms with Crippen LogP contribution in [0.1, 0.15) is 33.9 Å². The Kier molecular flexibility index (Phi) is 4.42. The number of sulfone groups is 1. The van der Waals surface area contributed by atoms with Crippen LogP contribution < -0.4 is 20.9 Å². The van der Waals surface area contributed by atoms with Gasteiger partial charge < -0.3 is 20.9 Å². The van der Waals surface area contributed by atoms with E-state index < -0.39 is 47.4 Å². The van der Waals surface area contributed by atoms with Gasteiger partial charge in [-0.1, -0.05) is 0 Å². The van der Waals surface area contributed by atoms with Crippen LogP contribution in [-0.4, -0.2) is 67.7 Å². The molecule has 0 radical (unpaired) electrons. The fourth-order valence-corrected chi connectivity index (χ4v) is 5.02. The van der Waals surface area contributed by atoms with Gasteiger partial charge in [-0.3, -0.25) is 9.59 Å². The van der Waals surface area contributed by atoms with Gasteiger partial charge in [0.1, 0.15) is 10.7 Å². The maximum Gasteiger partial charge on any atom is 0.282 e. The number of hydrogen-bond donors (Lipinski definition) is 3. The summed E-state index contributed by atoms with van der Waals surface area (Å²) in [6.07, 6.45) is 4.80. The van der Waals surface area contributed by atoms with E-state index in [2.05, 4.69) is 25.8 Å². The molecule has 0 bridgehead atoms. The largest absolute Gasteiger partial charge is 0.358 e. The highest BCUT2D eigenvalue weighted by molar-refractivity contribution is 7.90. The predicted molar refractivity (Wildman–Crippen MR) is 122 cm³/mol. The molecule has 3 N–H and O–H groups in total. The quantitative estimate of drug-likeness (QED) is 0.505. The third kappa shape index (κ3) is 4.49. The Morgan fingerprint density at radius 3 is 2.57 bits per heavy atom. The summed E-state index contributed by atoms with van der Waals surface area (Å²) in [6.45, 7) is -4.04. The van der Waals surface area contributed by atoms with Crippen molar-refractivity contribution in [2.24, 2.45) is 11.3 Å². The molecule has 2 aliphatic carbocycles. The van der Waals surface area contributed by atoms with Gasteiger partial charge in [-0.2, -0.15) is 0 Å². The second-order valence-corrected chi connectivity index (χ2v) is 11.2. The van der Waals surface area contributed by atoms with Gasteiger partial charge in [-0.05, 0) is 30.7 Å². The lowest BCUT2D eigenvalue weighted by atomic mass is 10.1. The van der Waals surface area contributed by atoms with E-state index in [-0.39, 0.29) is 45.1 Å². The normalized spacial score (nSPS) is 22.8. The standard InChI is InChI=1S/C21H23F2N7O4S/c1-24-19(32)16-13(6-15(28-29-16)27-18(31)12-7-20(12)3-4-20)26-17-14(35(2,33)34)5-11(8-25-17)30-9-21(22,23)10-30/h5-6,8,12H,3-4,7,9-10H2,1-2H3,(H,24,32)(H2,25,26,27,28,31)/t12-/m1/s1/i1D3. The van der Waals surface area contributed by atoms with Crippen LogP contribution in [0.3, 0.4) is 0 Å². The molecule has 0 unspecified atom stereocenters. The van der Waals surface area contributed by atoms with E-state index >= 15 is 0 Å². The van der Waals surface area contributed by atoms with Crippen molar-refractivity contribution in [3.63, 3.8) is 0 Å². The Labute approximate surface area is 203 Å². The van der Waals surface area contributed by atoms with Crippen molar-refractivity contribution >= 4 is 44.7 Å². The maximum absolute atomic E-state index is 13.3. The zero-order valence-electron chi connectivity index (χ0n) is 21.4. The first-order valence-corrected chi connectivity index (χ1v) is 12.6. The van der Waals surface area contributed by atoms with Crippen LogP contribution in [0, 0.1) is 11.3 Å². The number of rotatable bonds is 7. The zero-order valence-corrected chi connectivity index (χ0v) is 19.2. The van der Waals surface area contributed by atoms with Gasteiger partial charge in [0.05, 0.1) is 30.7 Å². The van der Waals surface area contributed by atoms with Crippen LogP contribution in [0.4, 0.5) is 31.8 Å². The first kappa shape index (κ1) is 19.8. The van der Waals surface area contributed by atoms with Crippen molar-refractivity contribution in [3.05, 3.63) is 24.0 Å². The van der Waals surface area contributed by atoms with Gasteiger partial charge >= 0.3 is 0 Å². The number of anilines is 4. The maximum atomic E-state index is 13.3. The third-order valence-electron chi connectivity index (χ3n) is 6.47. The van der Waals surface area contributed by atoms with E-state index in [4.69, 9.17) is 4.11 Å². The number of nitrogens with one attached hydrogen (secondary N) is 3. The van der Waals surface area contributed by atoms with Crippen LogP contribution in [0.5, 0.6) is 0 Å². The first-order chi connectivity index (χ1) is 17.6. The van der Waals surface area contributed by atoms with Crippen molar-refractivity contribution in [2.75, 3.05) is 41.9 Å². The van der Waals surface area contributed by atoms with Crippen molar-refractivity contribution < 1.29 is 30.9 Å². The van der Waals surface area contributed by atoms with Crippen molar-refractivity contribution in [3.8, 4) is 0 Å². The minimum absolute atomic E-state index is 0.0500. The summed E-state index contributed by atoms with van der Waals surface area (Å²) in [4.78, 5) is 30.2. The lowest BCUT2D eigenvalue weighted by Gasteiger charge is -2.40. The van der Waals surface area contributed by atoms with Crippen LogP contribution in [-0.2, 0) is 14.6 Å². The monoisotopic (exact) mass is 510 g/mol. The summed E-state index contributed by atoms with van der Waals surface area (Å²) in [5, 5.41) is 14.6. The smallest absolute Gasteiger partial charge is 0.282 e. The molecule has 3 aliphatic rings. The molecule has 5 rings (SSSR count). The van der Waals surface area contributed by atoms with E-state index in [1.807, 2.05) is 0 Å². The molecule has 1 aliphatic heterocycles.